The minimum Gasteiger partial charge on any atom is -0.507 e. The molecule has 166 valence electrons. The number of benzene rings is 2. The number of ether oxygens (including phenoxy) is 1. The van der Waals surface area contributed by atoms with E-state index in [4.69, 9.17) is 4.74 Å². The molecule has 1 fully saturated rings. The number of amides is 1. The molecule has 1 N–H and O–H groups in total. The fourth-order valence-corrected chi connectivity index (χ4v) is 3.74. The molecule has 6 nitrogen and oxygen atoms in total. The molecule has 0 radical (unpaired) electrons. The third-order valence-electron chi connectivity index (χ3n) is 5.32. The molecule has 1 atom stereocenters. The summed E-state index contributed by atoms with van der Waals surface area (Å²) in [6.45, 7) is 4.05. The predicted molar refractivity (Wildman–Crippen MR) is 121 cm³/mol. The molecule has 0 saturated carbocycles. The van der Waals surface area contributed by atoms with Crippen LogP contribution in [0.4, 0.5) is 4.39 Å². The van der Waals surface area contributed by atoms with Gasteiger partial charge in [0, 0.05) is 24.5 Å². The molecule has 33 heavy (non-hydrogen) atoms. The van der Waals surface area contributed by atoms with Gasteiger partial charge in [-0.15, -0.1) is 0 Å². The van der Waals surface area contributed by atoms with Gasteiger partial charge < -0.3 is 14.7 Å². The van der Waals surface area contributed by atoms with Crippen molar-refractivity contribution < 1.29 is 23.8 Å². The van der Waals surface area contributed by atoms with Gasteiger partial charge in [0.05, 0.1) is 11.6 Å². The van der Waals surface area contributed by atoms with Crippen LogP contribution >= 0.6 is 0 Å². The number of likely N-dealkylation sites (tertiary alicyclic amines) is 1. The maximum absolute atomic E-state index is 13.6. The summed E-state index contributed by atoms with van der Waals surface area (Å²) in [5, 5.41) is 11.1. The summed E-state index contributed by atoms with van der Waals surface area (Å²) in [4.78, 5) is 31.4. The Hall–Kier alpha value is -4.26. The molecule has 4 rings (SSSR count). The van der Waals surface area contributed by atoms with Crippen molar-refractivity contribution in [3.05, 3.63) is 114 Å². The molecule has 1 aliphatic rings. The summed E-state index contributed by atoms with van der Waals surface area (Å²) < 4.78 is 19.0. The second-order valence-electron chi connectivity index (χ2n) is 7.46. The zero-order valence-corrected chi connectivity index (χ0v) is 17.6. The number of hydrogen-bond donors (Lipinski definition) is 1. The highest BCUT2D eigenvalue weighted by Crippen LogP contribution is 2.40. The van der Waals surface area contributed by atoms with Gasteiger partial charge in [0.15, 0.2) is 0 Å². The minimum absolute atomic E-state index is 0.0552. The second-order valence-corrected chi connectivity index (χ2v) is 7.46. The summed E-state index contributed by atoms with van der Waals surface area (Å²) in [7, 11) is 0. The van der Waals surface area contributed by atoms with Crippen molar-refractivity contribution in [3.63, 3.8) is 0 Å². The highest BCUT2D eigenvalue weighted by molar-refractivity contribution is 6.46. The van der Waals surface area contributed by atoms with Crippen LogP contribution in [0.1, 0.15) is 22.7 Å². The molecule has 0 aliphatic carbocycles. The number of nitrogens with zero attached hydrogens (tertiary/aromatic N) is 2. The van der Waals surface area contributed by atoms with Crippen LogP contribution in [-0.2, 0) is 16.1 Å². The molecule has 0 bridgehead atoms. The summed E-state index contributed by atoms with van der Waals surface area (Å²) in [6, 6.07) is 14.6. The lowest BCUT2D eigenvalue weighted by molar-refractivity contribution is -0.140. The van der Waals surface area contributed by atoms with E-state index in [1.54, 1.807) is 54.9 Å². The number of rotatable bonds is 7. The van der Waals surface area contributed by atoms with Gasteiger partial charge in [-0.1, -0.05) is 24.8 Å². The molecule has 1 aromatic heterocycles. The summed E-state index contributed by atoms with van der Waals surface area (Å²) >= 11 is 0. The van der Waals surface area contributed by atoms with Gasteiger partial charge in [-0.25, -0.2) is 4.39 Å². The number of carbonyl (C=O) groups excluding carboxylic acids is 2. The van der Waals surface area contributed by atoms with Crippen LogP contribution in [-0.4, -0.2) is 33.3 Å². The Labute approximate surface area is 190 Å². The van der Waals surface area contributed by atoms with E-state index in [1.165, 1.54) is 29.2 Å². The number of Topliss-reactive ketones (excluding diaryl/α,β-unsaturated/α-hetero) is 1. The smallest absolute Gasteiger partial charge is 0.295 e. The van der Waals surface area contributed by atoms with Gasteiger partial charge in [-0.2, -0.15) is 0 Å². The first kappa shape index (κ1) is 22.0. The van der Waals surface area contributed by atoms with Gasteiger partial charge in [-0.05, 0) is 59.7 Å². The van der Waals surface area contributed by atoms with Crippen LogP contribution in [0.15, 0.2) is 91.3 Å². The summed E-state index contributed by atoms with van der Waals surface area (Å²) in [5.41, 5.74) is 1.58. The van der Waals surface area contributed by atoms with E-state index in [-0.39, 0.29) is 17.9 Å². The number of ketones is 1. The van der Waals surface area contributed by atoms with Gasteiger partial charge in [0.1, 0.15) is 23.9 Å². The summed E-state index contributed by atoms with van der Waals surface area (Å²) in [6.07, 6.45) is 4.80. The lowest BCUT2D eigenvalue weighted by Gasteiger charge is -2.25. The number of pyridine rings is 1. The van der Waals surface area contributed by atoms with Crippen molar-refractivity contribution in [2.24, 2.45) is 0 Å². The van der Waals surface area contributed by atoms with E-state index in [0.29, 0.717) is 23.5 Å². The molecule has 1 saturated heterocycles. The molecule has 1 aliphatic heterocycles. The topological polar surface area (TPSA) is 79.7 Å². The van der Waals surface area contributed by atoms with Crippen LogP contribution < -0.4 is 4.74 Å². The average Bonchev–Trinajstić information content (AvgIpc) is 3.08. The number of aromatic nitrogens is 1. The molecule has 0 unspecified atom stereocenters. The number of hydrogen-bond acceptors (Lipinski definition) is 5. The Morgan fingerprint density at radius 2 is 1.73 bits per heavy atom. The summed E-state index contributed by atoms with van der Waals surface area (Å²) in [5.74, 6) is -1.73. The average molecular weight is 444 g/mol. The largest absolute Gasteiger partial charge is 0.507 e. The first-order valence-electron chi connectivity index (χ1n) is 10.3. The van der Waals surface area contributed by atoms with Gasteiger partial charge in [-0.3, -0.25) is 14.6 Å². The van der Waals surface area contributed by atoms with E-state index in [0.717, 1.165) is 5.56 Å². The van der Waals surface area contributed by atoms with Crippen molar-refractivity contribution in [3.8, 4) is 5.75 Å². The molecule has 1 amide bonds. The van der Waals surface area contributed by atoms with Crippen molar-refractivity contribution >= 4 is 17.4 Å². The number of aliphatic hydroxyl groups is 1. The van der Waals surface area contributed by atoms with E-state index in [2.05, 4.69) is 11.6 Å². The minimum atomic E-state index is -0.879. The lowest BCUT2D eigenvalue weighted by Crippen LogP contribution is -2.29. The molecular formula is C26H21FN2O4. The van der Waals surface area contributed by atoms with Gasteiger partial charge in [0.25, 0.3) is 11.7 Å². The van der Waals surface area contributed by atoms with E-state index in [9.17, 15) is 19.1 Å². The fourth-order valence-electron chi connectivity index (χ4n) is 3.74. The van der Waals surface area contributed by atoms with Crippen LogP contribution in [0.25, 0.3) is 5.76 Å². The normalized spacial score (nSPS) is 17.2. The first-order chi connectivity index (χ1) is 16.0. The molecule has 2 aromatic carbocycles. The van der Waals surface area contributed by atoms with E-state index >= 15 is 0 Å². The van der Waals surface area contributed by atoms with Crippen LogP contribution in [0.3, 0.4) is 0 Å². The zero-order chi connectivity index (χ0) is 23.4. The Morgan fingerprint density at radius 3 is 2.36 bits per heavy atom. The maximum atomic E-state index is 13.6. The van der Waals surface area contributed by atoms with Crippen LogP contribution in [0.2, 0.25) is 0 Å². The lowest BCUT2D eigenvalue weighted by atomic mass is 9.95. The van der Waals surface area contributed by atoms with Crippen LogP contribution in [0.5, 0.6) is 5.75 Å². The Bertz CT molecular complexity index is 1210. The quantitative estimate of drug-likeness (QED) is 0.253. The second kappa shape index (κ2) is 9.48. The fraction of sp³-hybridized carbons (Fsp3) is 0.115. The van der Waals surface area contributed by atoms with E-state index in [1.807, 2.05) is 0 Å². The molecule has 2 heterocycles. The highest BCUT2D eigenvalue weighted by Gasteiger charge is 2.46. The Morgan fingerprint density at radius 1 is 1.06 bits per heavy atom. The number of aliphatic hydroxyl groups excluding tert-OH is 1. The molecule has 7 heteroatoms. The molecule has 3 aromatic rings. The number of halogens is 1. The maximum Gasteiger partial charge on any atom is 0.295 e. The first-order valence-corrected chi connectivity index (χ1v) is 10.3. The third-order valence-corrected chi connectivity index (χ3v) is 5.32. The Balaban J connectivity index is 1.78. The highest BCUT2D eigenvalue weighted by atomic mass is 19.1. The Kier molecular flexibility index (Phi) is 6.31. The third kappa shape index (κ3) is 4.52. The van der Waals surface area contributed by atoms with Crippen molar-refractivity contribution in [1.29, 1.82) is 0 Å². The molecular weight excluding hydrogens is 423 g/mol. The van der Waals surface area contributed by atoms with Crippen LogP contribution in [0, 0.1) is 5.82 Å². The van der Waals surface area contributed by atoms with Gasteiger partial charge >= 0.3 is 0 Å². The monoisotopic (exact) mass is 444 g/mol. The van der Waals surface area contributed by atoms with Crippen molar-refractivity contribution in [1.82, 2.24) is 9.88 Å². The van der Waals surface area contributed by atoms with E-state index < -0.39 is 23.5 Å². The number of carbonyl (C=O) groups is 2. The van der Waals surface area contributed by atoms with Crippen molar-refractivity contribution in [2.75, 3.05) is 6.61 Å². The zero-order valence-electron chi connectivity index (χ0n) is 17.6. The SMILES string of the molecule is C=CCOc1ccc(C(O)=C2C(=O)C(=O)N(Cc3ccncc3)[C@@H]2c2ccc(F)cc2)cc1. The standard InChI is InChI=1S/C26H21FN2O4/c1-2-15-33-21-9-5-19(6-10-21)24(30)22-23(18-3-7-20(27)8-4-18)29(26(32)25(22)31)16-17-11-13-28-14-12-17/h2-14,23,30H,1,15-16H2/t23-/m1/s1. The predicted octanol–water partition coefficient (Wildman–Crippen LogP) is 4.41. The van der Waals surface area contributed by atoms with Gasteiger partial charge in [0.2, 0.25) is 0 Å². The van der Waals surface area contributed by atoms with Crippen molar-refractivity contribution in [2.45, 2.75) is 12.6 Å². The molecule has 0 spiro atoms.